The van der Waals surface area contributed by atoms with E-state index < -0.39 is 23.1 Å². The number of carbonyl (C=O) groups excluding carboxylic acids is 1. The maximum absolute atomic E-state index is 12.7. The molecule has 17 heavy (non-hydrogen) atoms. The maximum atomic E-state index is 12.7. The molecule has 0 heterocycles. The van der Waals surface area contributed by atoms with E-state index in [1.165, 1.54) is 0 Å². The standard InChI is InChI=1S/C11H10ClF3O2/c1-3-17-10-4-7(6(2)16)8(5-9(10)12)11(13,14)15/h4-5H,3H2,1-2H3. The van der Waals surface area contributed by atoms with Crippen LogP contribution in [0.3, 0.4) is 0 Å². The Bertz CT molecular complexity index is 441. The molecule has 0 unspecified atom stereocenters. The summed E-state index contributed by atoms with van der Waals surface area (Å²) in [6.45, 7) is 2.98. The van der Waals surface area contributed by atoms with Gasteiger partial charge in [-0.25, -0.2) is 0 Å². The molecule has 0 bridgehead atoms. The van der Waals surface area contributed by atoms with Crippen molar-refractivity contribution >= 4 is 17.4 Å². The molecule has 0 aliphatic carbocycles. The van der Waals surface area contributed by atoms with Crippen molar-refractivity contribution in [3.63, 3.8) is 0 Å². The van der Waals surface area contributed by atoms with Crippen molar-refractivity contribution in [2.75, 3.05) is 6.61 Å². The summed E-state index contributed by atoms with van der Waals surface area (Å²) >= 11 is 5.65. The highest BCUT2D eigenvalue weighted by molar-refractivity contribution is 6.32. The first-order chi connectivity index (χ1) is 7.77. The first kappa shape index (κ1) is 13.8. The Labute approximate surface area is 101 Å². The number of hydrogen-bond acceptors (Lipinski definition) is 2. The summed E-state index contributed by atoms with van der Waals surface area (Å²) in [5, 5.41) is -0.163. The van der Waals surface area contributed by atoms with Crippen LogP contribution in [0.15, 0.2) is 12.1 Å². The number of ether oxygens (including phenoxy) is 1. The molecule has 0 aromatic heterocycles. The van der Waals surface area contributed by atoms with Crippen molar-refractivity contribution in [3.8, 4) is 5.75 Å². The number of hydrogen-bond donors (Lipinski definition) is 0. The Morgan fingerprint density at radius 3 is 2.41 bits per heavy atom. The highest BCUT2D eigenvalue weighted by atomic mass is 35.5. The average molecular weight is 267 g/mol. The molecule has 1 aromatic carbocycles. The van der Waals surface area contributed by atoms with E-state index in [1.807, 2.05) is 0 Å². The van der Waals surface area contributed by atoms with E-state index in [9.17, 15) is 18.0 Å². The van der Waals surface area contributed by atoms with Crippen LogP contribution in [0.1, 0.15) is 29.8 Å². The fourth-order valence-electron chi connectivity index (χ4n) is 1.35. The van der Waals surface area contributed by atoms with Gasteiger partial charge < -0.3 is 4.74 Å². The van der Waals surface area contributed by atoms with Crippen molar-refractivity contribution in [1.82, 2.24) is 0 Å². The van der Waals surface area contributed by atoms with E-state index in [-0.39, 0.29) is 17.4 Å². The fraction of sp³-hybridized carbons (Fsp3) is 0.364. The summed E-state index contributed by atoms with van der Waals surface area (Å²) in [7, 11) is 0. The third-order valence-electron chi connectivity index (χ3n) is 2.06. The summed E-state index contributed by atoms with van der Waals surface area (Å²) in [4.78, 5) is 11.2. The van der Waals surface area contributed by atoms with Gasteiger partial charge >= 0.3 is 6.18 Å². The van der Waals surface area contributed by atoms with Crippen molar-refractivity contribution in [3.05, 3.63) is 28.3 Å². The third-order valence-corrected chi connectivity index (χ3v) is 2.35. The summed E-state index contributed by atoms with van der Waals surface area (Å²) in [6, 6.07) is 1.74. The average Bonchev–Trinajstić information content (AvgIpc) is 2.19. The van der Waals surface area contributed by atoms with Crippen LogP contribution in [0.4, 0.5) is 13.2 Å². The van der Waals surface area contributed by atoms with Gasteiger partial charge in [-0.3, -0.25) is 4.79 Å². The molecule has 0 aliphatic heterocycles. The minimum atomic E-state index is -4.62. The van der Waals surface area contributed by atoms with Gasteiger partial charge in [0.1, 0.15) is 5.75 Å². The third kappa shape index (κ3) is 3.12. The predicted molar refractivity (Wildman–Crippen MR) is 57.6 cm³/mol. The molecule has 0 N–H and O–H groups in total. The SMILES string of the molecule is CCOc1cc(C(C)=O)c(C(F)(F)F)cc1Cl. The normalized spacial score (nSPS) is 11.4. The number of rotatable bonds is 3. The monoisotopic (exact) mass is 266 g/mol. The number of halogens is 4. The number of alkyl halides is 3. The van der Waals surface area contributed by atoms with Crippen molar-refractivity contribution in [2.45, 2.75) is 20.0 Å². The summed E-state index contributed by atoms with van der Waals surface area (Å²) in [5.74, 6) is -0.609. The highest BCUT2D eigenvalue weighted by Crippen LogP contribution is 2.38. The second kappa shape index (κ2) is 4.96. The van der Waals surface area contributed by atoms with E-state index in [4.69, 9.17) is 16.3 Å². The predicted octanol–water partition coefficient (Wildman–Crippen LogP) is 3.96. The molecule has 0 fully saturated rings. The zero-order valence-electron chi connectivity index (χ0n) is 9.19. The molecule has 0 spiro atoms. The second-order valence-electron chi connectivity index (χ2n) is 3.32. The number of carbonyl (C=O) groups is 1. The Morgan fingerprint density at radius 1 is 1.41 bits per heavy atom. The van der Waals surface area contributed by atoms with Gasteiger partial charge in [0.15, 0.2) is 5.78 Å². The Balaban J connectivity index is 3.41. The number of ketones is 1. The molecule has 1 rings (SSSR count). The lowest BCUT2D eigenvalue weighted by molar-refractivity contribution is -0.137. The molecule has 0 saturated carbocycles. The van der Waals surface area contributed by atoms with Crippen LogP contribution in [0.2, 0.25) is 5.02 Å². The molecule has 1 aromatic rings. The fourth-order valence-corrected chi connectivity index (χ4v) is 1.56. The van der Waals surface area contributed by atoms with Crippen molar-refractivity contribution in [2.24, 2.45) is 0 Å². The molecule has 6 heteroatoms. The first-order valence-corrected chi connectivity index (χ1v) is 5.19. The van der Waals surface area contributed by atoms with E-state index >= 15 is 0 Å². The van der Waals surface area contributed by atoms with E-state index in [0.717, 1.165) is 13.0 Å². The lowest BCUT2D eigenvalue weighted by Crippen LogP contribution is -2.12. The molecule has 0 radical (unpaired) electrons. The summed E-state index contributed by atoms with van der Waals surface area (Å²) < 4.78 is 43.0. The van der Waals surface area contributed by atoms with Gasteiger partial charge in [-0.2, -0.15) is 13.2 Å². The van der Waals surface area contributed by atoms with E-state index in [1.54, 1.807) is 6.92 Å². The molecule has 0 aliphatic rings. The summed E-state index contributed by atoms with van der Waals surface area (Å²) in [5.41, 5.74) is -1.48. The van der Waals surface area contributed by atoms with Crippen LogP contribution in [0.5, 0.6) is 5.75 Å². The van der Waals surface area contributed by atoms with Crippen molar-refractivity contribution < 1.29 is 22.7 Å². The van der Waals surface area contributed by atoms with Crippen molar-refractivity contribution in [1.29, 1.82) is 0 Å². The Kier molecular flexibility index (Phi) is 4.03. The molecule has 94 valence electrons. The molecular formula is C11H10ClF3O2. The van der Waals surface area contributed by atoms with Crippen LogP contribution in [-0.4, -0.2) is 12.4 Å². The molecular weight excluding hydrogens is 257 g/mol. The minimum absolute atomic E-state index is 0.0763. The van der Waals surface area contributed by atoms with Gasteiger partial charge in [0, 0.05) is 5.56 Å². The topological polar surface area (TPSA) is 26.3 Å². The molecule has 0 amide bonds. The zero-order valence-corrected chi connectivity index (χ0v) is 9.95. The lowest BCUT2D eigenvalue weighted by atomic mass is 10.0. The van der Waals surface area contributed by atoms with Gasteiger partial charge in [-0.1, -0.05) is 11.6 Å². The lowest BCUT2D eigenvalue weighted by Gasteiger charge is -2.14. The van der Waals surface area contributed by atoms with Gasteiger partial charge in [0.2, 0.25) is 0 Å². The van der Waals surface area contributed by atoms with Crippen LogP contribution >= 0.6 is 11.6 Å². The maximum Gasteiger partial charge on any atom is 0.417 e. The highest BCUT2D eigenvalue weighted by Gasteiger charge is 2.35. The Hall–Kier alpha value is -1.23. The van der Waals surface area contributed by atoms with E-state index in [0.29, 0.717) is 6.07 Å². The Morgan fingerprint density at radius 2 is 2.00 bits per heavy atom. The zero-order chi connectivity index (χ0) is 13.2. The largest absolute Gasteiger partial charge is 0.492 e. The minimum Gasteiger partial charge on any atom is -0.492 e. The van der Waals surface area contributed by atoms with E-state index in [2.05, 4.69) is 0 Å². The second-order valence-corrected chi connectivity index (χ2v) is 3.72. The smallest absolute Gasteiger partial charge is 0.417 e. The summed E-state index contributed by atoms with van der Waals surface area (Å²) in [6.07, 6.45) is -4.62. The first-order valence-electron chi connectivity index (χ1n) is 4.81. The molecule has 0 saturated heterocycles. The number of Topliss-reactive ketones (excluding diaryl/α,β-unsaturated/α-hetero) is 1. The van der Waals surface area contributed by atoms with Gasteiger partial charge in [-0.05, 0) is 26.0 Å². The van der Waals surface area contributed by atoms with Crippen LogP contribution in [-0.2, 0) is 6.18 Å². The quantitative estimate of drug-likeness (QED) is 0.774. The molecule has 0 atom stereocenters. The number of benzene rings is 1. The van der Waals surface area contributed by atoms with Gasteiger partial charge in [0.05, 0.1) is 17.2 Å². The van der Waals surface area contributed by atoms with Gasteiger partial charge in [0.25, 0.3) is 0 Å². The van der Waals surface area contributed by atoms with Crippen LogP contribution < -0.4 is 4.74 Å². The van der Waals surface area contributed by atoms with Gasteiger partial charge in [-0.15, -0.1) is 0 Å². The van der Waals surface area contributed by atoms with Crippen LogP contribution in [0, 0.1) is 0 Å². The van der Waals surface area contributed by atoms with Crippen LogP contribution in [0.25, 0.3) is 0 Å². The molecule has 2 nitrogen and oxygen atoms in total.